The molecule has 1 heterocycles. The fraction of sp³-hybridized carbons (Fsp3) is 0.182. The predicted molar refractivity (Wildman–Crippen MR) is 111 cm³/mol. The molecule has 0 aliphatic carbocycles. The average molecular weight is 395 g/mol. The van der Waals surface area contributed by atoms with Gasteiger partial charge in [-0.15, -0.1) is 11.3 Å². The van der Waals surface area contributed by atoms with Crippen molar-refractivity contribution in [2.24, 2.45) is 0 Å². The molecule has 0 atom stereocenters. The van der Waals surface area contributed by atoms with Crippen LogP contribution < -0.4 is 10.1 Å². The van der Waals surface area contributed by atoms with Crippen LogP contribution in [0.25, 0.3) is 11.1 Å². The maximum atomic E-state index is 12.7. The van der Waals surface area contributed by atoms with Crippen LogP contribution in [-0.2, 0) is 4.74 Å². The van der Waals surface area contributed by atoms with Crippen molar-refractivity contribution in [1.82, 2.24) is 0 Å². The zero-order valence-electron chi connectivity index (χ0n) is 15.9. The molecule has 5 nitrogen and oxygen atoms in total. The molecule has 0 bridgehead atoms. The molecule has 3 aromatic rings. The number of carbonyl (C=O) groups is 2. The highest BCUT2D eigenvalue weighted by atomic mass is 32.1. The van der Waals surface area contributed by atoms with Gasteiger partial charge in [0.25, 0.3) is 5.91 Å². The minimum atomic E-state index is -0.481. The molecule has 0 aliphatic rings. The quantitative estimate of drug-likeness (QED) is 0.586. The van der Waals surface area contributed by atoms with Gasteiger partial charge in [-0.1, -0.05) is 29.8 Å². The molecular weight excluding hydrogens is 374 g/mol. The Morgan fingerprint density at radius 3 is 2.50 bits per heavy atom. The van der Waals surface area contributed by atoms with Gasteiger partial charge in [0, 0.05) is 22.1 Å². The maximum Gasteiger partial charge on any atom is 0.341 e. The van der Waals surface area contributed by atoms with E-state index in [1.54, 1.807) is 38.3 Å². The van der Waals surface area contributed by atoms with Crippen LogP contribution in [0.2, 0.25) is 0 Å². The van der Waals surface area contributed by atoms with Gasteiger partial charge in [0.15, 0.2) is 0 Å². The van der Waals surface area contributed by atoms with Gasteiger partial charge in [0.05, 0.1) is 13.7 Å². The van der Waals surface area contributed by atoms with Crippen molar-refractivity contribution >= 4 is 28.2 Å². The molecule has 0 saturated carbocycles. The van der Waals surface area contributed by atoms with Crippen LogP contribution in [0.15, 0.2) is 53.9 Å². The Labute approximate surface area is 167 Å². The van der Waals surface area contributed by atoms with Gasteiger partial charge < -0.3 is 14.8 Å². The van der Waals surface area contributed by atoms with Crippen LogP contribution in [-0.4, -0.2) is 25.6 Å². The van der Waals surface area contributed by atoms with Gasteiger partial charge in [0.1, 0.15) is 16.3 Å². The zero-order valence-corrected chi connectivity index (χ0v) is 16.8. The number of hydrogen-bond donors (Lipinski definition) is 1. The van der Waals surface area contributed by atoms with Gasteiger partial charge in [0.2, 0.25) is 0 Å². The Morgan fingerprint density at radius 2 is 1.82 bits per heavy atom. The zero-order chi connectivity index (χ0) is 20.1. The first-order chi connectivity index (χ1) is 13.5. The molecule has 28 heavy (non-hydrogen) atoms. The van der Waals surface area contributed by atoms with E-state index in [4.69, 9.17) is 9.47 Å². The summed E-state index contributed by atoms with van der Waals surface area (Å²) >= 11 is 1.28. The van der Waals surface area contributed by atoms with Crippen LogP contribution in [0, 0.1) is 6.92 Å². The Morgan fingerprint density at radius 1 is 1.07 bits per heavy atom. The van der Waals surface area contributed by atoms with E-state index in [1.807, 2.05) is 36.6 Å². The summed E-state index contributed by atoms with van der Waals surface area (Å²) < 4.78 is 10.7. The first kappa shape index (κ1) is 19.6. The SMILES string of the molecule is CCOC(=O)c1c(-c2cc(C)ccc2OC)csc1NC(=O)c1ccccc1. The molecule has 0 unspecified atom stereocenters. The van der Waals surface area contributed by atoms with E-state index in [0.29, 0.717) is 27.4 Å². The first-order valence-electron chi connectivity index (χ1n) is 8.85. The van der Waals surface area contributed by atoms with Crippen LogP contribution in [0.1, 0.15) is 33.2 Å². The Balaban J connectivity index is 2.07. The molecule has 1 amide bonds. The molecule has 0 fully saturated rings. The Bertz CT molecular complexity index is 995. The standard InChI is InChI=1S/C22H21NO4S/c1-4-27-22(25)19-17(16-12-14(2)10-11-18(16)26-3)13-28-21(19)23-20(24)15-8-6-5-7-9-15/h5-13H,4H2,1-3H3,(H,23,24). The highest BCUT2D eigenvalue weighted by Gasteiger charge is 2.24. The minimum Gasteiger partial charge on any atom is -0.496 e. The van der Waals surface area contributed by atoms with Crippen LogP contribution >= 0.6 is 11.3 Å². The summed E-state index contributed by atoms with van der Waals surface area (Å²) in [6.07, 6.45) is 0. The van der Waals surface area contributed by atoms with Crippen LogP contribution in [0.3, 0.4) is 0 Å². The number of rotatable bonds is 6. The third kappa shape index (κ3) is 4.07. The number of methoxy groups -OCH3 is 1. The van der Waals surface area contributed by atoms with Crippen molar-refractivity contribution in [3.8, 4) is 16.9 Å². The van der Waals surface area contributed by atoms with E-state index >= 15 is 0 Å². The summed E-state index contributed by atoms with van der Waals surface area (Å²) in [6.45, 7) is 3.96. The van der Waals surface area contributed by atoms with Gasteiger partial charge in [-0.2, -0.15) is 0 Å². The molecule has 1 aromatic heterocycles. The molecule has 144 valence electrons. The summed E-state index contributed by atoms with van der Waals surface area (Å²) in [7, 11) is 1.59. The second-order valence-electron chi connectivity index (χ2n) is 6.10. The molecule has 1 N–H and O–H groups in total. The van der Waals surface area contributed by atoms with Crippen LogP contribution in [0.5, 0.6) is 5.75 Å². The van der Waals surface area contributed by atoms with Crippen molar-refractivity contribution in [2.45, 2.75) is 13.8 Å². The van der Waals surface area contributed by atoms with Crippen LogP contribution in [0.4, 0.5) is 5.00 Å². The van der Waals surface area contributed by atoms with E-state index in [-0.39, 0.29) is 12.5 Å². The lowest BCUT2D eigenvalue weighted by atomic mass is 10.0. The Hall–Kier alpha value is -3.12. The lowest BCUT2D eigenvalue weighted by Crippen LogP contribution is -2.14. The molecule has 0 saturated heterocycles. The van der Waals surface area contributed by atoms with Crippen molar-refractivity contribution in [1.29, 1.82) is 0 Å². The van der Waals surface area contributed by atoms with Gasteiger partial charge in [-0.25, -0.2) is 4.79 Å². The summed E-state index contributed by atoms with van der Waals surface area (Å²) in [4.78, 5) is 25.3. The van der Waals surface area contributed by atoms with E-state index in [0.717, 1.165) is 11.1 Å². The van der Waals surface area contributed by atoms with Crippen molar-refractivity contribution in [3.05, 3.63) is 70.6 Å². The van der Waals surface area contributed by atoms with Crippen molar-refractivity contribution in [3.63, 3.8) is 0 Å². The predicted octanol–water partition coefficient (Wildman–Crippen LogP) is 5.16. The van der Waals surface area contributed by atoms with Crippen molar-refractivity contribution < 1.29 is 19.1 Å². The van der Waals surface area contributed by atoms with E-state index < -0.39 is 5.97 Å². The number of carbonyl (C=O) groups excluding carboxylic acids is 2. The smallest absolute Gasteiger partial charge is 0.341 e. The number of aryl methyl sites for hydroxylation is 1. The topological polar surface area (TPSA) is 64.6 Å². The molecule has 6 heteroatoms. The second kappa shape index (κ2) is 8.71. The summed E-state index contributed by atoms with van der Waals surface area (Å²) in [5.41, 5.74) is 3.33. The number of nitrogens with one attached hydrogen (secondary N) is 1. The number of anilines is 1. The molecule has 3 rings (SSSR count). The number of thiophene rings is 1. The minimum absolute atomic E-state index is 0.241. The lowest BCUT2D eigenvalue weighted by Gasteiger charge is -2.12. The van der Waals surface area contributed by atoms with E-state index in [1.165, 1.54) is 11.3 Å². The fourth-order valence-electron chi connectivity index (χ4n) is 2.85. The van der Waals surface area contributed by atoms with Gasteiger partial charge in [-0.3, -0.25) is 4.79 Å². The van der Waals surface area contributed by atoms with Crippen molar-refractivity contribution in [2.75, 3.05) is 19.0 Å². The summed E-state index contributed by atoms with van der Waals surface area (Å²) in [5.74, 6) is -0.115. The van der Waals surface area contributed by atoms with Gasteiger partial charge >= 0.3 is 5.97 Å². The number of hydrogen-bond acceptors (Lipinski definition) is 5. The fourth-order valence-corrected chi connectivity index (χ4v) is 3.79. The van der Waals surface area contributed by atoms with E-state index in [9.17, 15) is 9.59 Å². The Kier molecular flexibility index (Phi) is 6.11. The highest BCUT2D eigenvalue weighted by molar-refractivity contribution is 7.15. The monoisotopic (exact) mass is 395 g/mol. The summed E-state index contributed by atoms with van der Waals surface area (Å²) in [5, 5.41) is 5.13. The lowest BCUT2D eigenvalue weighted by molar-refractivity contribution is 0.0529. The number of benzene rings is 2. The van der Waals surface area contributed by atoms with E-state index in [2.05, 4.69) is 5.32 Å². The molecule has 2 aromatic carbocycles. The normalized spacial score (nSPS) is 10.4. The third-order valence-electron chi connectivity index (χ3n) is 4.18. The largest absolute Gasteiger partial charge is 0.496 e. The highest BCUT2D eigenvalue weighted by Crippen LogP contribution is 2.40. The molecule has 0 radical (unpaired) electrons. The average Bonchev–Trinajstić information content (AvgIpc) is 3.12. The summed E-state index contributed by atoms with van der Waals surface area (Å²) in [6, 6.07) is 14.6. The third-order valence-corrected chi connectivity index (χ3v) is 5.07. The number of amides is 1. The second-order valence-corrected chi connectivity index (χ2v) is 6.98. The number of esters is 1. The number of ether oxygens (including phenoxy) is 2. The molecule has 0 aliphatic heterocycles. The first-order valence-corrected chi connectivity index (χ1v) is 9.73. The molecule has 0 spiro atoms. The van der Waals surface area contributed by atoms with Gasteiger partial charge in [-0.05, 0) is 38.1 Å². The maximum absolute atomic E-state index is 12.7. The molecular formula is C22H21NO4S.